The summed E-state index contributed by atoms with van der Waals surface area (Å²) in [7, 11) is 0. The first kappa shape index (κ1) is 12.0. The van der Waals surface area contributed by atoms with Gasteiger partial charge in [-0.15, -0.1) is 0 Å². The lowest BCUT2D eigenvalue weighted by atomic mass is 9.79. The maximum Gasteiger partial charge on any atom is 0.0524 e. The van der Waals surface area contributed by atoms with Gasteiger partial charge in [0.25, 0.3) is 0 Å². The van der Waals surface area contributed by atoms with Crippen molar-refractivity contribution in [3.05, 3.63) is 0 Å². The molecule has 1 aliphatic carbocycles. The first-order chi connectivity index (χ1) is 6.59. The Balaban J connectivity index is 2.13. The van der Waals surface area contributed by atoms with Crippen LogP contribution >= 0.6 is 0 Å². The molecule has 2 N–H and O–H groups in total. The van der Waals surface area contributed by atoms with E-state index in [-0.39, 0.29) is 6.10 Å². The second kappa shape index (κ2) is 5.72. The monoisotopic (exact) mass is 199 g/mol. The highest BCUT2D eigenvalue weighted by Crippen LogP contribution is 2.29. The van der Waals surface area contributed by atoms with Gasteiger partial charge < -0.3 is 10.4 Å². The molecule has 4 atom stereocenters. The average molecular weight is 199 g/mol. The molecule has 0 amide bonds. The van der Waals surface area contributed by atoms with E-state index in [4.69, 9.17) is 5.11 Å². The Bertz CT molecular complexity index is 158. The van der Waals surface area contributed by atoms with Crippen molar-refractivity contribution < 1.29 is 5.11 Å². The molecule has 0 unspecified atom stereocenters. The molecule has 0 bridgehead atoms. The minimum atomic E-state index is -0.164. The molecule has 2 nitrogen and oxygen atoms in total. The van der Waals surface area contributed by atoms with Gasteiger partial charge in [-0.1, -0.05) is 13.8 Å². The van der Waals surface area contributed by atoms with Crippen LogP contribution in [0.5, 0.6) is 0 Å². The highest BCUT2D eigenvalue weighted by atomic mass is 16.3. The van der Waals surface area contributed by atoms with E-state index in [0.29, 0.717) is 6.04 Å². The van der Waals surface area contributed by atoms with Gasteiger partial charge in [-0.25, -0.2) is 0 Å². The summed E-state index contributed by atoms with van der Waals surface area (Å²) >= 11 is 0. The van der Waals surface area contributed by atoms with Gasteiger partial charge in [-0.05, 0) is 51.0 Å². The molecule has 0 saturated heterocycles. The van der Waals surface area contributed by atoms with E-state index >= 15 is 0 Å². The van der Waals surface area contributed by atoms with E-state index in [1.165, 1.54) is 19.3 Å². The Morgan fingerprint density at radius 1 is 1.29 bits per heavy atom. The first-order valence-corrected chi connectivity index (χ1v) is 6.01. The van der Waals surface area contributed by atoms with E-state index in [0.717, 1.165) is 24.8 Å². The quantitative estimate of drug-likeness (QED) is 0.727. The van der Waals surface area contributed by atoms with Crippen LogP contribution in [0.1, 0.15) is 46.5 Å². The molecular weight excluding hydrogens is 174 g/mol. The van der Waals surface area contributed by atoms with Crippen molar-refractivity contribution in [3.63, 3.8) is 0 Å². The van der Waals surface area contributed by atoms with Crippen LogP contribution in [0.3, 0.4) is 0 Å². The van der Waals surface area contributed by atoms with Crippen LogP contribution in [0, 0.1) is 11.8 Å². The van der Waals surface area contributed by atoms with Crippen molar-refractivity contribution in [1.29, 1.82) is 0 Å². The van der Waals surface area contributed by atoms with Gasteiger partial charge in [0.05, 0.1) is 6.10 Å². The van der Waals surface area contributed by atoms with Crippen molar-refractivity contribution in [2.45, 2.75) is 58.6 Å². The summed E-state index contributed by atoms with van der Waals surface area (Å²) in [6.07, 6.45) is 4.68. The molecule has 0 aromatic heterocycles. The largest absolute Gasteiger partial charge is 0.393 e. The second-order valence-corrected chi connectivity index (χ2v) is 5.06. The van der Waals surface area contributed by atoms with Crippen LogP contribution in [0.4, 0.5) is 0 Å². The maximum atomic E-state index is 9.14. The third-order valence-corrected chi connectivity index (χ3v) is 3.59. The van der Waals surface area contributed by atoms with Gasteiger partial charge in [-0.3, -0.25) is 0 Å². The highest BCUT2D eigenvalue weighted by molar-refractivity contribution is 4.79. The van der Waals surface area contributed by atoms with E-state index in [1.54, 1.807) is 0 Å². The molecule has 1 fully saturated rings. The number of hydrogen-bond donors (Lipinski definition) is 2. The van der Waals surface area contributed by atoms with E-state index in [9.17, 15) is 0 Å². The summed E-state index contributed by atoms with van der Waals surface area (Å²) < 4.78 is 0. The molecule has 0 spiro atoms. The smallest absolute Gasteiger partial charge is 0.0524 e. The maximum absolute atomic E-state index is 9.14. The van der Waals surface area contributed by atoms with Gasteiger partial charge in [0.2, 0.25) is 0 Å². The fourth-order valence-corrected chi connectivity index (χ4v) is 2.23. The van der Waals surface area contributed by atoms with Crippen LogP contribution in [0.15, 0.2) is 0 Å². The number of hydrogen-bond acceptors (Lipinski definition) is 2. The Hall–Kier alpha value is -0.0800. The molecule has 1 rings (SSSR count). The Labute approximate surface area is 88.1 Å². The highest BCUT2D eigenvalue weighted by Gasteiger charge is 2.23. The van der Waals surface area contributed by atoms with E-state index in [1.807, 2.05) is 6.92 Å². The summed E-state index contributed by atoms with van der Waals surface area (Å²) in [5.74, 6) is 1.75. The normalized spacial score (nSPS) is 35.6. The van der Waals surface area contributed by atoms with Crippen LogP contribution in [0.2, 0.25) is 0 Å². The van der Waals surface area contributed by atoms with Crippen LogP contribution in [0.25, 0.3) is 0 Å². The van der Waals surface area contributed by atoms with Crippen LogP contribution in [-0.4, -0.2) is 23.8 Å². The molecule has 2 heteroatoms. The molecule has 1 saturated carbocycles. The summed E-state index contributed by atoms with van der Waals surface area (Å²) in [6, 6.07) is 0.694. The summed E-state index contributed by atoms with van der Waals surface area (Å²) in [6.45, 7) is 7.53. The van der Waals surface area contributed by atoms with Crippen LogP contribution < -0.4 is 5.32 Å². The zero-order valence-electron chi connectivity index (χ0n) is 9.79. The van der Waals surface area contributed by atoms with Crippen LogP contribution in [-0.2, 0) is 0 Å². The van der Waals surface area contributed by atoms with Gasteiger partial charge in [0.1, 0.15) is 0 Å². The fraction of sp³-hybridized carbons (Fsp3) is 1.00. The SMILES string of the molecule is C[C@H](O)CCN[C@@H]1CC[C@@H](C)[C@@H](C)C1. The minimum absolute atomic E-state index is 0.164. The van der Waals surface area contributed by atoms with Crippen molar-refractivity contribution >= 4 is 0 Å². The molecular formula is C12H25NO. The molecule has 0 heterocycles. The van der Waals surface area contributed by atoms with Gasteiger partial charge in [0.15, 0.2) is 0 Å². The van der Waals surface area contributed by atoms with Crippen molar-refractivity contribution in [1.82, 2.24) is 5.32 Å². The summed E-state index contributed by atoms with van der Waals surface area (Å²) in [5.41, 5.74) is 0. The zero-order chi connectivity index (χ0) is 10.6. The van der Waals surface area contributed by atoms with Crippen molar-refractivity contribution in [2.24, 2.45) is 11.8 Å². The Kier molecular flexibility index (Phi) is 4.90. The first-order valence-electron chi connectivity index (χ1n) is 6.01. The standard InChI is InChI=1S/C12H25NO/c1-9-4-5-12(8-10(9)2)13-7-6-11(3)14/h9-14H,4-8H2,1-3H3/t9-,10+,11+,12-/m1/s1. The zero-order valence-corrected chi connectivity index (χ0v) is 9.79. The lowest BCUT2D eigenvalue weighted by Crippen LogP contribution is -2.37. The molecule has 0 aromatic rings. The van der Waals surface area contributed by atoms with E-state index < -0.39 is 0 Å². The Morgan fingerprint density at radius 3 is 2.57 bits per heavy atom. The van der Waals surface area contributed by atoms with Gasteiger partial charge in [-0.2, -0.15) is 0 Å². The second-order valence-electron chi connectivity index (χ2n) is 5.06. The number of nitrogens with one attached hydrogen (secondary N) is 1. The molecule has 1 aliphatic rings. The molecule has 84 valence electrons. The fourth-order valence-electron chi connectivity index (χ4n) is 2.23. The lowest BCUT2D eigenvalue weighted by molar-refractivity contribution is 0.174. The number of aliphatic hydroxyl groups excluding tert-OH is 1. The van der Waals surface area contributed by atoms with E-state index in [2.05, 4.69) is 19.2 Å². The molecule has 14 heavy (non-hydrogen) atoms. The molecule has 0 radical (unpaired) electrons. The number of aliphatic hydroxyl groups is 1. The summed E-state index contributed by atoms with van der Waals surface area (Å²) in [5, 5.41) is 12.7. The van der Waals surface area contributed by atoms with Crippen molar-refractivity contribution in [2.75, 3.05) is 6.54 Å². The topological polar surface area (TPSA) is 32.3 Å². The summed E-state index contributed by atoms with van der Waals surface area (Å²) in [4.78, 5) is 0. The minimum Gasteiger partial charge on any atom is -0.393 e. The lowest BCUT2D eigenvalue weighted by Gasteiger charge is -2.32. The van der Waals surface area contributed by atoms with Gasteiger partial charge >= 0.3 is 0 Å². The average Bonchev–Trinajstić information content (AvgIpc) is 2.10. The third kappa shape index (κ3) is 3.97. The molecule has 0 aromatic carbocycles. The Morgan fingerprint density at radius 2 is 2.00 bits per heavy atom. The predicted octanol–water partition coefficient (Wildman–Crippen LogP) is 2.17. The number of rotatable bonds is 4. The van der Waals surface area contributed by atoms with Crippen molar-refractivity contribution in [3.8, 4) is 0 Å². The third-order valence-electron chi connectivity index (χ3n) is 3.59. The van der Waals surface area contributed by atoms with Gasteiger partial charge in [0, 0.05) is 6.04 Å². The predicted molar refractivity (Wildman–Crippen MR) is 60.3 cm³/mol. The molecule has 0 aliphatic heterocycles.